The zero-order valence-corrected chi connectivity index (χ0v) is 22.8. The summed E-state index contributed by atoms with van der Waals surface area (Å²) in [5.41, 5.74) is 7.94. The second kappa shape index (κ2) is 9.84. The molecule has 0 radical (unpaired) electrons. The molecule has 1 aliphatic rings. The molecule has 6 aromatic carbocycles. The lowest BCUT2D eigenvalue weighted by atomic mass is 9.92. The van der Waals surface area contributed by atoms with Gasteiger partial charge in [0.15, 0.2) is 17.5 Å². The highest BCUT2D eigenvalue weighted by molar-refractivity contribution is 8.00. The Labute approximate surface area is 242 Å². The summed E-state index contributed by atoms with van der Waals surface area (Å²) in [4.78, 5) is 17.5. The van der Waals surface area contributed by atoms with Crippen LogP contribution in [0.2, 0.25) is 0 Å². The Balaban J connectivity index is 1.35. The van der Waals surface area contributed by atoms with Gasteiger partial charge in [0, 0.05) is 31.9 Å². The zero-order valence-electron chi connectivity index (χ0n) is 22.0. The van der Waals surface area contributed by atoms with E-state index in [1.807, 2.05) is 72.4 Å². The number of aromatic nitrogens is 3. The van der Waals surface area contributed by atoms with Crippen molar-refractivity contribution in [3.05, 3.63) is 140 Å². The molecule has 8 rings (SSSR count). The van der Waals surface area contributed by atoms with E-state index in [1.54, 1.807) is 0 Å². The van der Waals surface area contributed by atoms with Crippen LogP contribution in [0, 0.1) is 0 Å². The van der Waals surface area contributed by atoms with Gasteiger partial charge in [0.2, 0.25) is 0 Å². The molecule has 0 unspecified atom stereocenters. The van der Waals surface area contributed by atoms with E-state index in [0.717, 1.165) is 22.1 Å². The van der Waals surface area contributed by atoms with Crippen molar-refractivity contribution in [2.45, 2.75) is 9.79 Å². The molecule has 0 saturated carbocycles. The fourth-order valence-corrected chi connectivity index (χ4v) is 6.88. The van der Waals surface area contributed by atoms with Gasteiger partial charge in [-0.2, -0.15) is 0 Å². The average molecular weight is 542 g/mol. The molecule has 4 heteroatoms. The molecule has 0 N–H and O–H groups in total. The Bertz CT molecular complexity index is 2000. The number of rotatable bonds is 4. The highest BCUT2D eigenvalue weighted by Crippen LogP contribution is 2.52. The molecule has 3 nitrogen and oxygen atoms in total. The fraction of sp³-hybridized carbons (Fsp3) is 0. The molecule has 7 aromatic rings. The van der Waals surface area contributed by atoms with Crippen molar-refractivity contribution in [1.82, 2.24) is 15.0 Å². The topological polar surface area (TPSA) is 38.7 Å². The van der Waals surface area contributed by atoms with Gasteiger partial charge in [0.25, 0.3) is 0 Å². The SMILES string of the molecule is c1ccc(-c2nc(-c3ccccc3)nc(-c3ccc4c5c(cccc35)-c3cccc(-c5ccccc5)c3S4)n2)cc1. The quantitative estimate of drug-likeness (QED) is 0.222. The number of fused-ring (bicyclic) bond motifs is 2. The van der Waals surface area contributed by atoms with E-state index < -0.39 is 0 Å². The molecular weight excluding hydrogens is 518 g/mol. The van der Waals surface area contributed by atoms with Crippen LogP contribution in [0.4, 0.5) is 0 Å². The van der Waals surface area contributed by atoms with Crippen molar-refractivity contribution < 1.29 is 0 Å². The third-order valence-electron chi connectivity index (χ3n) is 7.54. The molecule has 2 heterocycles. The number of hydrogen-bond donors (Lipinski definition) is 0. The van der Waals surface area contributed by atoms with Crippen LogP contribution in [0.5, 0.6) is 0 Å². The van der Waals surface area contributed by atoms with Gasteiger partial charge in [-0.15, -0.1) is 0 Å². The maximum Gasteiger partial charge on any atom is 0.164 e. The number of hydrogen-bond acceptors (Lipinski definition) is 4. The van der Waals surface area contributed by atoms with Crippen molar-refractivity contribution >= 4 is 22.5 Å². The van der Waals surface area contributed by atoms with E-state index in [9.17, 15) is 0 Å². The van der Waals surface area contributed by atoms with Gasteiger partial charge < -0.3 is 0 Å². The van der Waals surface area contributed by atoms with Crippen molar-refractivity contribution in [1.29, 1.82) is 0 Å². The van der Waals surface area contributed by atoms with Crippen molar-refractivity contribution in [3.63, 3.8) is 0 Å². The van der Waals surface area contributed by atoms with Crippen molar-refractivity contribution in [2.75, 3.05) is 0 Å². The van der Waals surface area contributed by atoms with Crippen molar-refractivity contribution in [3.8, 4) is 56.4 Å². The lowest BCUT2D eigenvalue weighted by molar-refractivity contribution is 1.08. The predicted molar refractivity (Wildman–Crippen MR) is 169 cm³/mol. The molecule has 0 atom stereocenters. The van der Waals surface area contributed by atoms with E-state index in [0.29, 0.717) is 17.5 Å². The lowest BCUT2D eigenvalue weighted by Crippen LogP contribution is -2.01. The summed E-state index contributed by atoms with van der Waals surface area (Å²) in [6.45, 7) is 0. The first-order valence-electron chi connectivity index (χ1n) is 13.6. The highest BCUT2D eigenvalue weighted by atomic mass is 32.2. The van der Waals surface area contributed by atoms with Crippen LogP contribution in [0.3, 0.4) is 0 Å². The van der Waals surface area contributed by atoms with Crippen LogP contribution in [0.25, 0.3) is 67.2 Å². The normalized spacial score (nSPS) is 11.8. The minimum atomic E-state index is 0.669. The van der Waals surface area contributed by atoms with E-state index in [-0.39, 0.29) is 0 Å². The maximum atomic E-state index is 5.02. The van der Waals surface area contributed by atoms with Gasteiger partial charge in [-0.3, -0.25) is 0 Å². The van der Waals surface area contributed by atoms with Crippen LogP contribution in [-0.2, 0) is 0 Å². The van der Waals surface area contributed by atoms with Crippen LogP contribution in [-0.4, -0.2) is 15.0 Å². The average Bonchev–Trinajstić information content (AvgIpc) is 3.06. The Morgan fingerprint density at radius 3 is 1.56 bits per heavy atom. The number of nitrogens with zero attached hydrogens (tertiary/aromatic N) is 3. The Kier molecular flexibility index (Phi) is 5.71. The molecule has 192 valence electrons. The summed E-state index contributed by atoms with van der Waals surface area (Å²) in [6, 6.07) is 48.5. The molecular formula is C37H23N3S. The van der Waals surface area contributed by atoms with Gasteiger partial charge in [0.1, 0.15) is 0 Å². The Hall–Kier alpha value is -5.06. The lowest BCUT2D eigenvalue weighted by Gasteiger charge is -2.23. The first-order chi connectivity index (χ1) is 20.3. The van der Waals surface area contributed by atoms with Gasteiger partial charge in [0.05, 0.1) is 0 Å². The van der Waals surface area contributed by atoms with E-state index in [4.69, 9.17) is 15.0 Å². The standard InChI is InChI=1S/C37H23N3S/c1-4-12-24(13-5-1)27-18-10-21-30-28-19-11-20-29-31(22-23-32(33(28)29)41-34(27)30)37-39-35(25-14-6-2-7-15-25)38-36(40-37)26-16-8-3-9-17-26/h1-23H. The first kappa shape index (κ1) is 23.8. The highest BCUT2D eigenvalue weighted by Gasteiger charge is 2.24. The van der Waals surface area contributed by atoms with Gasteiger partial charge >= 0.3 is 0 Å². The summed E-state index contributed by atoms with van der Waals surface area (Å²) >= 11 is 1.85. The molecule has 1 aromatic heterocycles. The molecule has 0 spiro atoms. The second-order valence-electron chi connectivity index (χ2n) is 10.0. The van der Waals surface area contributed by atoms with Crippen LogP contribution in [0.1, 0.15) is 0 Å². The van der Waals surface area contributed by atoms with E-state index >= 15 is 0 Å². The molecule has 0 amide bonds. The Morgan fingerprint density at radius 1 is 0.366 bits per heavy atom. The third-order valence-corrected chi connectivity index (χ3v) is 8.75. The second-order valence-corrected chi connectivity index (χ2v) is 11.1. The Morgan fingerprint density at radius 2 is 0.902 bits per heavy atom. The molecule has 0 bridgehead atoms. The predicted octanol–water partition coefficient (Wildman–Crippen LogP) is 9.82. The monoisotopic (exact) mass is 541 g/mol. The summed E-state index contributed by atoms with van der Waals surface area (Å²) in [6.07, 6.45) is 0. The summed E-state index contributed by atoms with van der Waals surface area (Å²) in [5, 5.41) is 2.39. The molecule has 0 fully saturated rings. The van der Waals surface area contributed by atoms with Gasteiger partial charge in [-0.05, 0) is 39.8 Å². The molecule has 0 aliphatic carbocycles. The van der Waals surface area contributed by atoms with E-state index in [1.165, 1.54) is 37.4 Å². The smallest absolute Gasteiger partial charge is 0.164 e. The van der Waals surface area contributed by atoms with Gasteiger partial charge in [-0.25, -0.2) is 15.0 Å². The molecule has 0 saturated heterocycles. The third kappa shape index (κ3) is 4.12. The molecule has 1 aliphatic heterocycles. The first-order valence-corrected chi connectivity index (χ1v) is 14.4. The number of benzene rings is 6. The maximum absolute atomic E-state index is 5.02. The fourth-order valence-electron chi connectivity index (χ4n) is 5.62. The molecule has 41 heavy (non-hydrogen) atoms. The zero-order chi connectivity index (χ0) is 27.2. The van der Waals surface area contributed by atoms with Gasteiger partial charge in [-0.1, -0.05) is 139 Å². The summed E-state index contributed by atoms with van der Waals surface area (Å²) in [7, 11) is 0. The van der Waals surface area contributed by atoms with Crippen LogP contribution >= 0.6 is 11.8 Å². The van der Waals surface area contributed by atoms with Crippen LogP contribution < -0.4 is 0 Å². The van der Waals surface area contributed by atoms with Crippen LogP contribution in [0.15, 0.2) is 149 Å². The minimum absolute atomic E-state index is 0.669. The van der Waals surface area contributed by atoms with Crippen molar-refractivity contribution in [2.24, 2.45) is 0 Å². The summed E-state index contributed by atoms with van der Waals surface area (Å²) < 4.78 is 0. The minimum Gasteiger partial charge on any atom is -0.208 e. The summed E-state index contributed by atoms with van der Waals surface area (Å²) in [5.74, 6) is 2.01. The van der Waals surface area contributed by atoms with E-state index in [2.05, 4.69) is 78.9 Å². The largest absolute Gasteiger partial charge is 0.208 e.